The summed E-state index contributed by atoms with van der Waals surface area (Å²) < 4.78 is 15.0. The quantitative estimate of drug-likeness (QED) is 0.412. The summed E-state index contributed by atoms with van der Waals surface area (Å²) in [7, 11) is 0. The summed E-state index contributed by atoms with van der Waals surface area (Å²) in [6.45, 7) is 11.1. The van der Waals surface area contributed by atoms with Crippen LogP contribution >= 0.6 is 0 Å². The van der Waals surface area contributed by atoms with Crippen molar-refractivity contribution in [3.63, 3.8) is 0 Å². The first-order chi connectivity index (χ1) is 7.89. The topological polar surface area (TPSA) is 52.7 Å². The average Bonchev–Trinajstić information content (AvgIpc) is 2.88. The third kappa shape index (κ3) is 17.1. The first-order valence-electron chi connectivity index (χ1n) is 4.34. The number of hydrogen-bond acceptors (Lipinski definition) is 1. The molecule has 0 atom stereocenters. The number of pyridine rings is 1. The number of aromatic nitrogens is 1. The number of hydrogen-bond donors (Lipinski definition) is 0. The summed E-state index contributed by atoms with van der Waals surface area (Å²) in [6.07, 6.45) is 3.50. The van der Waals surface area contributed by atoms with Crippen molar-refractivity contribution in [3.8, 4) is 0 Å². The van der Waals surface area contributed by atoms with Crippen LogP contribution in [0.25, 0.3) is 0 Å². The molecule has 0 spiro atoms. The Hall–Kier alpha value is -1.50. The Morgan fingerprint density at radius 1 is 1.00 bits per heavy atom. The first kappa shape index (κ1) is 20.9. The molecule has 0 aliphatic heterocycles. The van der Waals surface area contributed by atoms with Gasteiger partial charge in [0.25, 0.3) is 0 Å². The second kappa shape index (κ2) is 20.0. The second-order valence-electron chi connectivity index (χ2n) is 2.49. The van der Waals surface area contributed by atoms with Crippen LogP contribution in [0, 0.1) is 20.2 Å². The summed E-state index contributed by atoms with van der Waals surface area (Å²) in [5, 5.41) is 0. The van der Waals surface area contributed by atoms with Crippen molar-refractivity contribution in [1.82, 2.24) is 4.98 Å². The van der Waals surface area contributed by atoms with Gasteiger partial charge in [-0.05, 0) is 12.1 Å². The van der Waals surface area contributed by atoms with Crippen LogP contribution in [-0.2, 0) is 26.4 Å². The van der Waals surface area contributed by atoms with Crippen LogP contribution < -0.4 is 0 Å². The summed E-state index contributed by atoms with van der Waals surface area (Å²) >= 11 is 0. The van der Waals surface area contributed by atoms with E-state index in [1.807, 2.05) is 30.3 Å². The van der Waals surface area contributed by atoms with Gasteiger partial charge >= 0.3 is 22.6 Å². The van der Waals surface area contributed by atoms with E-state index in [4.69, 9.17) is 9.30 Å². The SMILES string of the molecule is Cc1ccc[cH-]1.[C-]#[O+].[C-]#[O+].[Mn].c1ccncc1. The van der Waals surface area contributed by atoms with E-state index in [1.165, 1.54) is 5.56 Å². The summed E-state index contributed by atoms with van der Waals surface area (Å²) in [6, 6.07) is 14.0. The Morgan fingerprint density at radius 3 is 1.65 bits per heavy atom. The molecule has 1 radical (unpaired) electrons. The normalized spacial score (nSPS) is 6.18. The van der Waals surface area contributed by atoms with Crippen LogP contribution in [0.15, 0.2) is 54.9 Å². The largest absolute Gasteiger partial charge is 0.265 e. The van der Waals surface area contributed by atoms with E-state index in [0.29, 0.717) is 0 Å². The molecule has 3 nitrogen and oxygen atoms in total. The van der Waals surface area contributed by atoms with E-state index in [2.05, 4.69) is 37.3 Å². The van der Waals surface area contributed by atoms with Gasteiger partial charge in [-0.3, -0.25) is 4.98 Å². The fraction of sp³-hybridized carbons (Fsp3) is 0.0769. The predicted octanol–water partition coefficient (Wildman–Crippen LogP) is 2.72. The average molecular weight is 269 g/mol. The number of aryl methyl sites for hydroxylation is 1. The molecule has 0 saturated carbocycles. The summed E-state index contributed by atoms with van der Waals surface area (Å²) in [4.78, 5) is 3.78. The Bertz CT molecular complexity index is 322. The van der Waals surface area contributed by atoms with Crippen LogP contribution in [-0.4, -0.2) is 4.98 Å². The van der Waals surface area contributed by atoms with E-state index in [9.17, 15) is 0 Å². The van der Waals surface area contributed by atoms with Gasteiger partial charge in [-0.25, -0.2) is 12.1 Å². The van der Waals surface area contributed by atoms with E-state index < -0.39 is 0 Å². The number of rotatable bonds is 0. The maximum absolute atomic E-state index is 7.50. The fourth-order valence-electron chi connectivity index (χ4n) is 0.783. The molecule has 2 aromatic rings. The van der Waals surface area contributed by atoms with Gasteiger partial charge in [0.05, 0.1) is 0 Å². The Labute approximate surface area is 112 Å². The van der Waals surface area contributed by atoms with Crippen molar-refractivity contribution in [1.29, 1.82) is 0 Å². The molecule has 2 rings (SSSR count). The van der Waals surface area contributed by atoms with Gasteiger partial charge in [0.1, 0.15) is 0 Å². The molecule has 89 valence electrons. The summed E-state index contributed by atoms with van der Waals surface area (Å²) in [5.74, 6) is 0. The van der Waals surface area contributed by atoms with E-state index in [-0.39, 0.29) is 17.1 Å². The monoisotopic (exact) mass is 269 g/mol. The van der Waals surface area contributed by atoms with Gasteiger partial charge in [-0.2, -0.15) is 17.7 Å². The predicted molar refractivity (Wildman–Crippen MR) is 58.9 cm³/mol. The molecule has 0 aliphatic rings. The van der Waals surface area contributed by atoms with Crippen molar-refractivity contribution >= 4 is 0 Å². The molecule has 1 aromatic carbocycles. The smallest absolute Gasteiger partial charge is 0.0267 e. The van der Waals surface area contributed by atoms with Crippen molar-refractivity contribution in [2.24, 2.45) is 0 Å². The minimum Gasteiger partial charge on any atom is -0.265 e. The van der Waals surface area contributed by atoms with Gasteiger partial charge in [-0.1, -0.05) is 13.0 Å². The van der Waals surface area contributed by atoms with E-state index in [0.717, 1.165) is 0 Å². The molecule has 0 amide bonds. The zero-order valence-corrected chi connectivity index (χ0v) is 10.5. The summed E-state index contributed by atoms with van der Waals surface area (Å²) in [5.41, 5.74) is 1.34. The van der Waals surface area contributed by atoms with E-state index >= 15 is 0 Å². The van der Waals surface area contributed by atoms with E-state index in [1.54, 1.807) is 12.4 Å². The molecule has 1 aromatic heterocycles. The zero-order chi connectivity index (χ0) is 12.6. The van der Waals surface area contributed by atoms with Crippen molar-refractivity contribution in [2.75, 3.05) is 0 Å². The Balaban J connectivity index is -0.000000171. The molecule has 0 saturated heterocycles. The van der Waals surface area contributed by atoms with Gasteiger partial charge in [-0.15, -0.1) is 0 Å². The van der Waals surface area contributed by atoms with Gasteiger partial charge in [0.2, 0.25) is 0 Å². The molecule has 0 bridgehead atoms. The third-order valence-corrected chi connectivity index (χ3v) is 1.40. The molecule has 0 N–H and O–H groups in total. The minimum absolute atomic E-state index is 0. The van der Waals surface area contributed by atoms with Crippen LogP contribution in [0.2, 0.25) is 0 Å². The molecular formula is C13H12MnNO2-. The van der Waals surface area contributed by atoms with Crippen LogP contribution in [0.3, 0.4) is 0 Å². The van der Waals surface area contributed by atoms with Crippen molar-refractivity contribution < 1.29 is 26.4 Å². The zero-order valence-electron chi connectivity index (χ0n) is 9.34. The minimum atomic E-state index is 0. The van der Waals surface area contributed by atoms with Crippen molar-refractivity contribution in [3.05, 3.63) is 73.7 Å². The maximum atomic E-state index is 7.50. The molecule has 0 fully saturated rings. The van der Waals surface area contributed by atoms with Crippen LogP contribution in [0.4, 0.5) is 0 Å². The molecule has 1 heterocycles. The maximum Gasteiger partial charge on any atom is 0.0267 e. The second-order valence-corrected chi connectivity index (χ2v) is 2.49. The molecule has 4 heteroatoms. The van der Waals surface area contributed by atoms with Crippen molar-refractivity contribution in [2.45, 2.75) is 6.92 Å². The molecule has 0 unspecified atom stereocenters. The van der Waals surface area contributed by atoms with Gasteiger partial charge < -0.3 is 0 Å². The molecule has 0 aliphatic carbocycles. The molecular weight excluding hydrogens is 257 g/mol. The van der Waals surface area contributed by atoms with Crippen LogP contribution in [0.5, 0.6) is 0 Å². The molecule has 17 heavy (non-hydrogen) atoms. The Kier molecular flexibility index (Phi) is 24.5. The standard InChI is InChI=1S/C6H7.C5H5N.2CO.Mn/c1-6-4-2-3-5-6;1-2-4-6-5-3-1;2*1-2;/h2-5H,1H3;1-5H;;;/q-1;;;;. The first-order valence-corrected chi connectivity index (χ1v) is 4.34. The van der Waals surface area contributed by atoms with Gasteiger partial charge in [0.15, 0.2) is 0 Å². The van der Waals surface area contributed by atoms with Gasteiger partial charge in [0, 0.05) is 29.5 Å². The third-order valence-electron chi connectivity index (χ3n) is 1.40. The van der Waals surface area contributed by atoms with Crippen LogP contribution in [0.1, 0.15) is 5.56 Å². The Morgan fingerprint density at radius 2 is 1.53 bits per heavy atom. The number of nitrogens with zero attached hydrogens (tertiary/aromatic N) is 1. The fourth-order valence-corrected chi connectivity index (χ4v) is 0.783.